The van der Waals surface area contributed by atoms with Crippen LogP contribution in [-0.4, -0.2) is 22.1 Å². The molecule has 3 rings (SSSR count). The predicted molar refractivity (Wildman–Crippen MR) is 96.5 cm³/mol. The first-order chi connectivity index (χ1) is 13.9. The third-order valence-electron chi connectivity index (χ3n) is 4.67. The Hall–Kier alpha value is -2.70. The van der Waals surface area contributed by atoms with E-state index in [1.807, 2.05) is 0 Å². The maximum atomic E-state index is 13.3. The molecule has 0 aromatic heterocycles. The number of hydrogen-bond acceptors (Lipinski definition) is 2. The Bertz CT molecular complexity index is 904. The number of rotatable bonds is 4. The highest BCUT2D eigenvalue weighted by Crippen LogP contribution is 2.41. The average Bonchev–Trinajstić information content (AvgIpc) is 2.63. The van der Waals surface area contributed by atoms with Gasteiger partial charge in [0.15, 0.2) is 0 Å². The van der Waals surface area contributed by atoms with Gasteiger partial charge in [0.1, 0.15) is 0 Å². The van der Waals surface area contributed by atoms with Crippen LogP contribution in [-0.2, 0) is 12.7 Å². The van der Waals surface area contributed by atoms with E-state index in [9.17, 15) is 23.1 Å². The third kappa shape index (κ3) is 4.18. The van der Waals surface area contributed by atoms with Gasteiger partial charge in [-0.05, 0) is 42.2 Å². The molecule has 0 bridgehead atoms. The molecule has 1 heterocycles. The Morgan fingerprint density at radius 1 is 1.30 bits per heavy atom. The number of anilines is 1. The highest BCUT2D eigenvalue weighted by molar-refractivity contribution is 5.68. The second-order valence-electron chi connectivity index (χ2n) is 6.49. The fraction of sp³-hybridized carbons (Fsp3) is 0.350. The van der Waals surface area contributed by atoms with Crippen LogP contribution in [0.3, 0.4) is 0 Å². The van der Waals surface area contributed by atoms with Crippen LogP contribution in [0.1, 0.15) is 46.5 Å². The second kappa shape index (κ2) is 7.50. The first kappa shape index (κ1) is 15.4. The quantitative estimate of drug-likeness (QED) is 0.733. The van der Waals surface area contributed by atoms with E-state index in [4.69, 9.17) is 4.11 Å². The molecule has 2 aromatic carbocycles. The number of nitrogens with one attached hydrogen (secondary N) is 1. The molecule has 2 atom stereocenters. The number of carboxylic acid groups (broad SMARTS) is 1. The van der Waals surface area contributed by atoms with Crippen LogP contribution in [0.2, 0.25) is 0 Å². The van der Waals surface area contributed by atoms with E-state index in [-0.39, 0.29) is 24.9 Å². The number of carbonyl (C=O) groups is 1. The van der Waals surface area contributed by atoms with Crippen LogP contribution in [0.15, 0.2) is 48.5 Å². The first-order valence-corrected chi connectivity index (χ1v) is 8.45. The Balaban J connectivity index is 2.03. The van der Waals surface area contributed by atoms with Gasteiger partial charge in [-0.25, -0.2) is 4.79 Å². The lowest BCUT2D eigenvalue weighted by Crippen LogP contribution is -2.40. The van der Waals surface area contributed by atoms with Gasteiger partial charge in [0.25, 0.3) is 0 Å². The summed E-state index contributed by atoms with van der Waals surface area (Å²) >= 11 is 0. The fourth-order valence-corrected chi connectivity index (χ4v) is 3.34. The van der Waals surface area contributed by atoms with Crippen molar-refractivity contribution in [1.82, 2.24) is 4.90 Å². The van der Waals surface area contributed by atoms with Gasteiger partial charge < -0.3 is 10.4 Å². The molecule has 1 amide bonds. The van der Waals surface area contributed by atoms with Gasteiger partial charge in [0, 0.05) is 22.4 Å². The van der Waals surface area contributed by atoms with Crippen molar-refractivity contribution in [3.05, 3.63) is 65.2 Å². The average molecular weight is 381 g/mol. The minimum atomic E-state index is -4.58. The Morgan fingerprint density at radius 2 is 2.04 bits per heavy atom. The molecule has 0 aliphatic carbocycles. The van der Waals surface area contributed by atoms with E-state index in [0.29, 0.717) is 11.3 Å². The van der Waals surface area contributed by atoms with E-state index in [1.165, 1.54) is 6.07 Å². The molecule has 0 fully saturated rings. The molecular formula is C20H21F3N2O2. The molecular weight excluding hydrogens is 357 g/mol. The van der Waals surface area contributed by atoms with Gasteiger partial charge in [-0.2, -0.15) is 13.2 Å². The largest absolute Gasteiger partial charge is 0.465 e. The summed E-state index contributed by atoms with van der Waals surface area (Å²) in [6.45, 7) is -2.30. The fourth-order valence-electron chi connectivity index (χ4n) is 3.34. The zero-order valence-corrected chi connectivity index (χ0v) is 14.3. The van der Waals surface area contributed by atoms with E-state index in [0.717, 1.165) is 17.0 Å². The lowest BCUT2D eigenvalue weighted by atomic mass is 9.89. The highest BCUT2D eigenvalue weighted by atomic mass is 19.4. The molecule has 1 aliphatic rings. The van der Waals surface area contributed by atoms with Crippen molar-refractivity contribution in [3.63, 3.8) is 0 Å². The normalized spacial score (nSPS) is 21.2. The Kier molecular flexibility index (Phi) is 4.27. The number of nitrogens with zero attached hydrogens (tertiary/aromatic N) is 1. The van der Waals surface area contributed by atoms with Gasteiger partial charge in [0.2, 0.25) is 0 Å². The maximum absolute atomic E-state index is 13.3. The minimum Gasteiger partial charge on any atom is -0.465 e. The summed E-state index contributed by atoms with van der Waals surface area (Å²) in [7, 11) is 0. The Labute approximate surface area is 159 Å². The Morgan fingerprint density at radius 3 is 2.67 bits per heavy atom. The van der Waals surface area contributed by atoms with Crippen molar-refractivity contribution in [2.45, 2.75) is 44.5 Å². The zero-order chi connectivity index (χ0) is 22.1. The molecule has 0 saturated carbocycles. The van der Waals surface area contributed by atoms with Crippen molar-refractivity contribution in [2.75, 3.05) is 5.32 Å². The summed E-state index contributed by atoms with van der Waals surface area (Å²) in [6.07, 6.45) is -6.06. The molecule has 27 heavy (non-hydrogen) atoms. The maximum Gasteiger partial charge on any atom is 0.416 e. The lowest BCUT2D eigenvalue weighted by molar-refractivity contribution is -0.137. The molecule has 0 radical (unpaired) electrons. The van der Waals surface area contributed by atoms with Crippen molar-refractivity contribution >= 4 is 11.8 Å². The smallest absolute Gasteiger partial charge is 0.416 e. The molecule has 0 saturated heterocycles. The SMILES string of the molecule is [2H]C([2H])([2H])C[C@@H]1C[C@H](N(Cc2ccccc2)C(=O)O)c2cc(C(F)(F)F)ccc2N1. The molecule has 144 valence electrons. The molecule has 0 unspecified atom stereocenters. The van der Waals surface area contributed by atoms with E-state index < -0.39 is 36.8 Å². The van der Waals surface area contributed by atoms with Gasteiger partial charge in [-0.3, -0.25) is 4.90 Å². The monoisotopic (exact) mass is 381 g/mol. The van der Waals surface area contributed by atoms with Gasteiger partial charge in [-0.15, -0.1) is 0 Å². The zero-order valence-electron chi connectivity index (χ0n) is 17.3. The third-order valence-corrected chi connectivity index (χ3v) is 4.67. The van der Waals surface area contributed by atoms with Crippen LogP contribution in [0, 0.1) is 0 Å². The molecule has 4 nitrogen and oxygen atoms in total. The molecule has 7 heteroatoms. The molecule has 2 aromatic rings. The summed E-state index contributed by atoms with van der Waals surface area (Å²) < 4.78 is 62.4. The van der Waals surface area contributed by atoms with E-state index in [2.05, 4.69) is 5.32 Å². The number of alkyl halides is 3. The van der Waals surface area contributed by atoms with Crippen molar-refractivity contribution in [3.8, 4) is 0 Å². The predicted octanol–water partition coefficient (Wildman–Crippen LogP) is 5.52. The lowest BCUT2D eigenvalue weighted by Gasteiger charge is -2.38. The number of halogens is 3. The minimum absolute atomic E-state index is 0.0307. The van der Waals surface area contributed by atoms with E-state index >= 15 is 0 Å². The number of amides is 1. The summed E-state index contributed by atoms with van der Waals surface area (Å²) in [6, 6.07) is 10.3. The van der Waals surface area contributed by atoms with Gasteiger partial charge in [-0.1, -0.05) is 37.2 Å². The summed E-state index contributed by atoms with van der Waals surface area (Å²) in [5.41, 5.74) is 0.296. The van der Waals surface area contributed by atoms with Crippen molar-refractivity contribution in [1.29, 1.82) is 0 Å². The van der Waals surface area contributed by atoms with Crippen LogP contribution >= 0.6 is 0 Å². The van der Waals surface area contributed by atoms with Crippen LogP contribution in [0.4, 0.5) is 23.7 Å². The van der Waals surface area contributed by atoms with Crippen molar-refractivity contribution in [2.24, 2.45) is 0 Å². The van der Waals surface area contributed by atoms with Crippen LogP contribution in [0.25, 0.3) is 0 Å². The van der Waals surface area contributed by atoms with Gasteiger partial charge >= 0.3 is 12.3 Å². The first-order valence-electron chi connectivity index (χ1n) is 9.95. The summed E-state index contributed by atoms with van der Waals surface area (Å²) in [4.78, 5) is 13.1. The molecule has 0 spiro atoms. The number of fused-ring (bicyclic) bond motifs is 1. The standard InChI is InChI=1S/C20H21F3N2O2/c1-2-15-11-18(25(19(26)27)12-13-6-4-3-5-7-13)16-10-14(20(21,22)23)8-9-17(16)24-15/h3-10,15,18,24H,2,11-12H2,1H3,(H,26,27)/t15-,18+/m1/s1/i1D3. The summed E-state index contributed by atoms with van der Waals surface area (Å²) in [5, 5.41) is 12.8. The molecule has 1 aliphatic heterocycles. The van der Waals surface area contributed by atoms with Crippen molar-refractivity contribution < 1.29 is 27.2 Å². The number of hydrogen-bond donors (Lipinski definition) is 2. The van der Waals surface area contributed by atoms with E-state index in [1.54, 1.807) is 30.3 Å². The number of benzene rings is 2. The van der Waals surface area contributed by atoms with Crippen LogP contribution in [0.5, 0.6) is 0 Å². The van der Waals surface area contributed by atoms with Gasteiger partial charge in [0.05, 0.1) is 11.6 Å². The summed E-state index contributed by atoms with van der Waals surface area (Å²) in [5.74, 6) is 0. The molecule has 2 N–H and O–H groups in total. The highest BCUT2D eigenvalue weighted by Gasteiger charge is 2.36. The van der Waals surface area contributed by atoms with Crippen LogP contribution < -0.4 is 5.32 Å². The topological polar surface area (TPSA) is 52.6 Å². The second-order valence-corrected chi connectivity index (χ2v) is 6.49.